The van der Waals surface area contributed by atoms with Crippen LogP contribution in [0.1, 0.15) is 110 Å². The summed E-state index contributed by atoms with van der Waals surface area (Å²) in [5.74, 6) is 0.550. The second-order valence-corrected chi connectivity index (χ2v) is 20.5. The molecule has 0 spiro atoms. The molecule has 60 heavy (non-hydrogen) atoms. The Labute approximate surface area is 376 Å². The molecule has 0 aromatic heterocycles. The van der Waals surface area contributed by atoms with Gasteiger partial charge in [0.2, 0.25) is 0 Å². The summed E-state index contributed by atoms with van der Waals surface area (Å²) in [6.07, 6.45) is 15.0. The van der Waals surface area contributed by atoms with Crippen LogP contribution in [-0.2, 0) is 35.1 Å². The molecule has 1 unspecified atom stereocenters. The molecule has 0 amide bonds. The molecule has 0 bridgehead atoms. The van der Waals surface area contributed by atoms with Gasteiger partial charge in [-0.15, -0.1) is 39.7 Å². The van der Waals surface area contributed by atoms with Crippen LogP contribution in [0.15, 0.2) is 169 Å². The summed E-state index contributed by atoms with van der Waals surface area (Å²) < 4.78 is 1.42. The predicted molar refractivity (Wildman–Crippen MR) is 258 cm³/mol. The van der Waals surface area contributed by atoms with E-state index in [1.807, 2.05) is 0 Å². The molecular weight excluding hydrogens is 800 g/mol. The quantitative estimate of drug-likeness (QED) is 0.151. The summed E-state index contributed by atoms with van der Waals surface area (Å²) in [4.78, 5) is 0. The van der Waals surface area contributed by atoms with Crippen molar-refractivity contribution < 1.29 is 24.2 Å². The van der Waals surface area contributed by atoms with Crippen LogP contribution < -0.4 is 0 Å². The van der Waals surface area contributed by atoms with Gasteiger partial charge in [-0.2, -0.15) is 11.6 Å². The van der Waals surface area contributed by atoms with Gasteiger partial charge in [0.05, 0.1) is 0 Å². The van der Waals surface area contributed by atoms with Crippen LogP contribution >= 0.6 is 0 Å². The summed E-state index contributed by atoms with van der Waals surface area (Å²) in [5.41, 5.74) is 12.9. The Morgan fingerprint density at radius 2 is 0.983 bits per heavy atom. The molecule has 7 aromatic rings. The molecule has 0 N–H and O–H groups in total. The van der Waals surface area contributed by atoms with Crippen molar-refractivity contribution in [2.24, 2.45) is 11.3 Å². The Morgan fingerprint density at radius 1 is 0.583 bits per heavy atom. The second kappa shape index (κ2) is 18.6. The van der Waals surface area contributed by atoms with Crippen molar-refractivity contribution in [1.82, 2.24) is 0 Å². The van der Waals surface area contributed by atoms with Crippen molar-refractivity contribution in [3.8, 4) is 22.3 Å². The van der Waals surface area contributed by atoms with Gasteiger partial charge in [-0.05, 0) is 44.2 Å². The number of fused-ring (bicyclic) bond motifs is 3. The first-order valence-electron chi connectivity index (χ1n) is 22.1. The van der Waals surface area contributed by atoms with Crippen molar-refractivity contribution in [1.29, 1.82) is 0 Å². The van der Waals surface area contributed by atoms with Gasteiger partial charge in [0.15, 0.2) is 0 Å². The Balaban J connectivity index is 0.000000165. The molecule has 0 aliphatic heterocycles. The summed E-state index contributed by atoms with van der Waals surface area (Å²) in [7, 11) is 0. The topological polar surface area (TPSA) is 0 Å². The van der Waals surface area contributed by atoms with Crippen LogP contribution in [0.4, 0.5) is 0 Å². The summed E-state index contributed by atoms with van der Waals surface area (Å²) in [6, 6.07) is 54.8. The van der Waals surface area contributed by atoms with Crippen molar-refractivity contribution in [3.63, 3.8) is 0 Å². The van der Waals surface area contributed by atoms with E-state index in [4.69, 9.17) is 0 Å². The molecule has 1 atom stereocenters. The zero-order valence-corrected chi connectivity index (χ0v) is 39.7. The molecule has 2 aliphatic carbocycles. The van der Waals surface area contributed by atoms with E-state index in [0.29, 0.717) is 11.3 Å². The third kappa shape index (κ3) is 10.1. The van der Waals surface area contributed by atoms with Crippen LogP contribution in [0.5, 0.6) is 0 Å². The van der Waals surface area contributed by atoms with E-state index in [1.165, 1.54) is 126 Å². The van der Waals surface area contributed by atoms with E-state index < -0.39 is 0 Å². The Kier molecular flexibility index (Phi) is 13.5. The van der Waals surface area contributed by atoms with Crippen LogP contribution in [0.25, 0.3) is 43.8 Å². The van der Waals surface area contributed by atoms with Gasteiger partial charge >= 0.3 is 99.2 Å². The zero-order chi connectivity index (χ0) is 42.5. The summed E-state index contributed by atoms with van der Waals surface area (Å²) in [5, 5.41) is 5.36. The molecular formula is C59H62Zr. The fraction of sp³-hybridized carbons (Fsp3) is 0.288. The van der Waals surface area contributed by atoms with E-state index in [1.54, 1.807) is 5.57 Å². The van der Waals surface area contributed by atoms with Crippen LogP contribution in [0.2, 0.25) is 0 Å². The number of allylic oxidation sites excluding steroid dienone is 4. The molecule has 0 saturated heterocycles. The van der Waals surface area contributed by atoms with Crippen molar-refractivity contribution >= 4 is 24.8 Å². The molecule has 0 nitrogen and oxygen atoms in total. The van der Waals surface area contributed by atoms with Crippen LogP contribution in [-0.4, -0.2) is 3.21 Å². The van der Waals surface area contributed by atoms with Crippen molar-refractivity contribution in [2.45, 2.75) is 98.3 Å². The fourth-order valence-corrected chi connectivity index (χ4v) is 9.84. The SMILES string of the molecule is CC(C)(C)c1cc2c(cc1-c1ccccc1)[cH-]c1cc(-c3ccccc3)c(C(C)(C)C)cc12.CC1[C-]=CC(C2(C)CCCCC2)=C1.[Zr+2]=[C](c1ccccc1)c1ccccc1. The number of rotatable bonds is 5. The summed E-state index contributed by atoms with van der Waals surface area (Å²) in [6.45, 7) is 18.6. The van der Waals surface area contributed by atoms with Gasteiger partial charge in [0.25, 0.3) is 0 Å². The Bertz CT molecular complexity index is 2430. The van der Waals surface area contributed by atoms with Gasteiger partial charge in [0, 0.05) is 0 Å². The monoisotopic (exact) mass is 860 g/mol. The molecule has 1 fully saturated rings. The first kappa shape index (κ1) is 43.5. The van der Waals surface area contributed by atoms with Crippen LogP contribution in [0, 0.1) is 17.4 Å². The molecule has 302 valence electrons. The fourth-order valence-electron chi connectivity index (χ4n) is 9.02. The third-order valence-electron chi connectivity index (χ3n) is 12.5. The average molecular weight is 862 g/mol. The molecule has 0 heterocycles. The number of hydrogen-bond donors (Lipinski definition) is 0. The minimum absolute atomic E-state index is 0.0554. The maximum atomic E-state index is 3.37. The normalized spacial score (nSPS) is 16.1. The van der Waals surface area contributed by atoms with E-state index in [0.717, 1.165) is 0 Å². The summed E-state index contributed by atoms with van der Waals surface area (Å²) >= 11 is 1.46. The van der Waals surface area contributed by atoms with E-state index >= 15 is 0 Å². The zero-order valence-electron chi connectivity index (χ0n) is 37.2. The first-order valence-corrected chi connectivity index (χ1v) is 23.3. The maximum absolute atomic E-state index is 3.37. The van der Waals surface area contributed by atoms with E-state index in [2.05, 4.69) is 225 Å². The minimum atomic E-state index is 0.0554. The number of hydrogen-bond acceptors (Lipinski definition) is 0. The third-order valence-corrected chi connectivity index (χ3v) is 13.9. The predicted octanol–water partition coefficient (Wildman–Crippen LogP) is 16.3. The van der Waals surface area contributed by atoms with E-state index in [-0.39, 0.29) is 10.8 Å². The molecule has 0 radical (unpaired) electrons. The van der Waals surface area contributed by atoms with Crippen molar-refractivity contribution in [3.05, 3.63) is 198 Å². The Hall–Kier alpha value is -4.58. The average Bonchev–Trinajstić information content (AvgIpc) is 3.87. The first-order chi connectivity index (χ1) is 28.7. The van der Waals surface area contributed by atoms with Crippen molar-refractivity contribution in [2.75, 3.05) is 0 Å². The van der Waals surface area contributed by atoms with Gasteiger partial charge in [0.1, 0.15) is 0 Å². The molecule has 1 heteroatoms. The standard InChI is InChI=1S/C33H33.C13H19.C13H10.Zr/c1-32(2,3)30-20-26-24(18-28(30)22-13-9-7-10-14-22)17-25-19-29(23-15-11-8-12-16-23)31(21-27(25)26)33(4,5)6;1-11-6-7-12(10-11)13(2)8-4-3-5-9-13;1-3-7-12(8-4-1)11-13-9-5-2-6-10-13;/h7-21H,1-6H3;7,10-11H,3-5,8-9H2,1-2H3;1-10H;/q2*-1;;+2. The molecule has 7 aromatic carbocycles. The second-order valence-electron chi connectivity index (χ2n) is 19.3. The van der Waals surface area contributed by atoms with Gasteiger partial charge < -0.3 is 0 Å². The van der Waals surface area contributed by atoms with Crippen LogP contribution in [0.3, 0.4) is 0 Å². The molecule has 2 aliphatic rings. The van der Waals surface area contributed by atoms with Gasteiger partial charge in [-0.1, -0.05) is 172 Å². The van der Waals surface area contributed by atoms with Gasteiger partial charge in [-0.25, -0.2) is 6.08 Å². The number of benzene rings is 6. The molecule has 9 rings (SSSR count). The van der Waals surface area contributed by atoms with Gasteiger partial charge in [-0.3, -0.25) is 6.08 Å². The Morgan fingerprint density at radius 3 is 1.35 bits per heavy atom. The van der Waals surface area contributed by atoms with E-state index in [9.17, 15) is 0 Å². The molecule has 1 saturated carbocycles.